The third-order valence-electron chi connectivity index (χ3n) is 2.74. The van der Waals surface area contributed by atoms with Gasteiger partial charge in [-0.15, -0.1) is 0 Å². The van der Waals surface area contributed by atoms with Gasteiger partial charge in [-0.05, 0) is 12.1 Å². The molecule has 1 amide bonds. The molecule has 0 fully saturated rings. The zero-order valence-corrected chi connectivity index (χ0v) is 9.87. The molecule has 0 unspecified atom stereocenters. The lowest BCUT2D eigenvalue weighted by atomic mass is 10.1. The van der Waals surface area contributed by atoms with Crippen molar-refractivity contribution in [2.75, 3.05) is 12.3 Å². The van der Waals surface area contributed by atoms with Crippen molar-refractivity contribution in [3.05, 3.63) is 34.7 Å². The van der Waals surface area contributed by atoms with E-state index in [1.807, 2.05) is 12.1 Å². The molecule has 0 aliphatic carbocycles. The predicted molar refractivity (Wildman–Crippen MR) is 63.7 cm³/mol. The van der Waals surface area contributed by atoms with Crippen molar-refractivity contribution in [3.8, 4) is 0 Å². The van der Waals surface area contributed by atoms with Gasteiger partial charge in [0.05, 0.1) is 18.5 Å². The van der Waals surface area contributed by atoms with Crippen molar-refractivity contribution in [1.29, 1.82) is 0 Å². The topological polar surface area (TPSA) is 72.4 Å². The van der Waals surface area contributed by atoms with Crippen LogP contribution in [-0.2, 0) is 13.0 Å². The second kappa shape index (κ2) is 3.89. The molecule has 3 heterocycles. The minimum Gasteiger partial charge on any atom is -0.467 e. The van der Waals surface area contributed by atoms with Crippen LogP contribution in [-0.4, -0.2) is 22.3 Å². The molecule has 1 aliphatic heterocycles. The van der Waals surface area contributed by atoms with Gasteiger partial charge in [0.2, 0.25) is 0 Å². The first-order valence-electron chi connectivity index (χ1n) is 5.31. The van der Waals surface area contributed by atoms with Gasteiger partial charge in [0.15, 0.2) is 5.13 Å². The Labute approximate surface area is 102 Å². The van der Waals surface area contributed by atoms with E-state index >= 15 is 0 Å². The highest BCUT2D eigenvalue weighted by Crippen LogP contribution is 2.27. The number of amides is 1. The third-order valence-corrected chi connectivity index (χ3v) is 3.66. The standard InChI is InChI=1S/C11H11N3O2S/c12-11-13-8-3-4-14(10(15)9(8)17-11)6-7-2-1-5-16-7/h1-2,5H,3-4,6H2,(H2,12,13). The fourth-order valence-electron chi connectivity index (χ4n) is 1.93. The van der Waals surface area contributed by atoms with Crippen molar-refractivity contribution in [2.24, 2.45) is 0 Å². The summed E-state index contributed by atoms with van der Waals surface area (Å²) >= 11 is 1.26. The van der Waals surface area contributed by atoms with Crippen LogP contribution in [0.5, 0.6) is 0 Å². The van der Waals surface area contributed by atoms with Gasteiger partial charge in [-0.25, -0.2) is 4.98 Å². The quantitative estimate of drug-likeness (QED) is 0.875. The Bertz CT molecular complexity index is 547. The number of furan rings is 1. The Morgan fingerprint density at radius 3 is 3.24 bits per heavy atom. The Balaban J connectivity index is 1.84. The molecule has 17 heavy (non-hydrogen) atoms. The Hall–Kier alpha value is -1.82. The largest absolute Gasteiger partial charge is 0.467 e. The average Bonchev–Trinajstić information content (AvgIpc) is 2.91. The number of nitrogen functional groups attached to an aromatic ring is 1. The first-order chi connectivity index (χ1) is 8.24. The molecule has 2 N–H and O–H groups in total. The van der Waals surface area contributed by atoms with Gasteiger partial charge in [0.1, 0.15) is 10.6 Å². The van der Waals surface area contributed by atoms with E-state index in [1.165, 1.54) is 11.3 Å². The van der Waals surface area contributed by atoms with E-state index < -0.39 is 0 Å². The highest BCUT2D eigenvalue weighted by molar-refractivity contribution is 7.17. The number of hydrogen-bond acceptors (Lipinski definition) is 5. The van der Waals surface area contributed by atoms with Crippen LogP contribution in [0.4, 0.5) is 5.13 Å². The van der Waals surface area contributed by atoms with Crippen LogP contribution in [0.25, 0.3) is 0 Å². The highest BCUT2D eigenvalue weighted by Gasteiger charge is 2.28. The minimum atomic E-state index is -0.00292. The molecular formula is C11H11N3O2S. The number of anilines is 1. The summed E-state index contributed by atoms with van der Waals surface area (Å²) in [5.74, 6) is 0.788. The van der Waals surface area contributed by atoms with Crippen LogP contribution in [0.2, 0.25) is 0 Å². The zero-order chi connectivity index (χ0) is 11.8. The molecule has 0 radical (unpaired) electrons. The maximum atomic E-state index is 12.2. The van der Waals surface area contributed by atoms with Crippen molar-refractivity contribution in [2.45, 2.75) is 13.0 Å². The lowest BCUT2D eigenvalue weighted by molar-refractivity contribution is 0.0719. The van der Waals surface area contributed by atoms with E-state index in [2.05, 4.69) is 4.98 Å². The maximum Gasteiger partial charge on any atom is 0.266 e. The van der Waals surface area contributed by atoms with Crippen LogP contribution in [0.1, 0.15) is 21.1 Å². The summed E-state index contributed by atoms with van der Waals surface area (Å²) in [5.41, 5.74) is 6.45. The summed E-state index contributed by atoms with van der Waals surface area (Å²) < 4.78 is 5.25. The SMILES string of the molecule is Nc1nc2c(s1)C(=O)N(Cc1ccco1)CC2. The van der Waals surface area contributed by atoms with Gasteiger partial charge >= 0.3 is 0 Å². The summed E-state index contributed by atoms with van der Waals surface area (Å²) in [4.78, 5) is 18.7. The second-order valence-corrected chi connectivity index (χ2v) is 4.91. The number of carbonyl (C=O) groups excluding carboxylic acids is 1. The lowest BCUT2D eigenvalue weighted by Gasteiger charge is -2.24. The third kappa shape index (κ3) is 1.80. The highest BCUT2D eigenvalue weighted by atomic mass is 32.1. The smallest absolute Gasteiger partial charge is 0.266 e. The molecule has 0 spiro atoms. The molecule has 0 aromatic carbocycles. The van der Waals surface area contributed by atoms with E-state index in [1.54, 1.807) is 11.2 Å². The first-order valence-corrected chi connectivity index (χ1v) is 6.12. The van der Waals surface area contributed by atoms with Crippen molar-refractivity contribution in [3.63, 3.8) is 0 Å². The van der Waals surface area contributed by atoms with Gasteiger partial charge in [-0.3, -0.25) is 4.79 Å². The van der Waals surface area contributed by atoms with Crippen molar-refractivity contribution < 1.29 is 9.21 Å². The van der Waals surface area contributed by atoms with Gasteiger partial charge in [0, 0.05) is 13.0 Å². The van der Waals surface area contributed by atoms with Crippen molar-refractivity contribution >= 4 is 22.4 Å². The summed E-state index contributed by atoms with van der Waals surface area (Å²) in [6.07, 6.45) is 2.37. The molecule has 1 aliphatic rings. The fraction of sp³-hybridized carbons (Fsp3) is 0.273. The average molecular weight is 249 g/mol. The Morgan fingerprint density at radius 1 is 1.59 bits per heavy atom. The van der Waals surface area contributed by atoms with Crippen LogP contribution in [0.15, 0.2) is 22.8 Å². The van der Waals surface area contributed by atoms with Crippen LogP contribution < -0.4 is 5.73 Å². The molecule has 0 bridgehead atoms. The van der Waals surface area contributed by atoms with E-state index in [4.69, 9.17) is 10.2 Å². The molecule has 6 heteroatoms. The minimum absolute atomic E-state index is 0.00292. The van der Waals surface area contributed by atoms with Crippen molar-refractivity contribution in [1.82, 2.24) is 9.88 Å². The van der Waals surface area contributed by atoms with Crippen LogP contribution >= 0.6 is 11.3 Å². The van der Waals surface area contributed by atoms with Gasteiger partial charge in [-0.1, -0.05) is 11.3 Å². The number of rotatable bonds is 2. The zero-order valence-electron chi connectivity index (χ0n) is 9.05. The molecule has 5 nitrogen and oxygen atoms in total. The van der Waals surface area contributed by atoms with Gasteiger partial charge < -0.3 is 15.1 Å². The molecular weight excluding hydrogens is 238 g/mol. The molecule has 2 aromatic heterocycles. The van der Waals surface area contributed by atoms with Gasteiger partial charge in [0.25, 0.3) is 5.91 Å². The number of fused-ring (bicyclic) bond motifs is 1. The van der Waals surface area contributed by atoms with E-state index in [9.17, 15) is 4.79 Å². The summed E-state index contributed by atoms with van der Waals surface area (Å²) in [6, 6.07) is 3.68. The Morgan fingerprint density at radius 2 is 2.47 bits per heavy atom. The summed E-state index contributed by atoms with van der Waals surface area (Å²) in [6.45, 7) is 1.17. The lowest BCUT2D eigenvalue weighted by Crippen LogP contribution is -2.36. The molecule has 88 valence electrons. The normalized spacial score (nSPS) is 15.1. The number of nitrogens with zero attached hydrogens (tertiary/aromatic N) is 2. The van der Waals surface area contributed by atoms with Crippen LogP contribution in [0.3, 0.4) is 0 Å². The monoisotopic (exact) mass is 249 g/mol. The summed E-state index contributed by atoms with van der Waals surface area (Å²) in [7, 11) is 0. The summed E-state index contributed by atoms with van der Waals surface area (Å²) in [5, 5.41) is 0.461. The number of aromatic nitrogens is 1. The number of thiazole rings is 1. The van der Waals surface area contributed by atoms with Gasteiger partial charge in [-0.2, -0.15) is 0 Å². The Kier molecular flexibility index (Phi) is 2.36. The number of hydrogen-bond donors (Lipinski definition) is 1. The molecule has 0 atom stereocenters. The molecule has 0 saturated heterocycles. The maximum absolute atomic E-state index is 12.2. The van der Waals surface area contributed by atoms with E-state index in [0.29, 0.717) is 23.1 Å². The molecule has 2 aromatic rings. The van der Waals surface area contributed by atoms with E-state index in [-0.39, 0.29) is 5.91 Å². The number of nitrogens with two attached hydrogens (primary N) is 1. The second-order valence-electron chi connectivity index (χ2n) is 3.88. The fourth-order valence-corrected chi connectivity index (χ4v) is 2.78. The number of carbonyl (C=O) groups is 1. The van der Waals surface area contributed by atoms with Crippen LogP contribution in [0, 0.1) is 0 Å². The van der Waals surface area contributed by atoms with E-state index in [0.717, 1.165) is 17.9 Å². The molecule has 3 rings (SSSR count). The first kappa shape index (κ1) is 10.3. The predicted octanol–water partition coefficient (Wildman–Crippen LogP) is 1.52. The molecule has 0 saturated carbocycles.